The number of hydrogen-bond donors (Lipinski definition) is 1. The summed E-state index contributed by atoms with van der Waals surface area (Å²) in [5.74, 6) is 0.0384. The van der Waals surface area contributed by atoms with Crippen LogP contribution in [0.4, 0.5) is 0 Å². The fourth-order valence-corrected chi connectivity index (χ4v) is 3.56. The molecule has 0 atom stereocenters. The number of carboxylic acids is 1. The molecule has 0 unspecified atom stereocenters. The molecule has 0 radical (unpaired) electrons. The first kappa shape index (κ1) is 24.1. The normalized spacial score (nSPS) is 10.9. The Labute approximate surface area is 174 Å². The standard InChI is InChI=1S/C22H34Cl2O3/c23-19-15-16-21(20(24)18-19)27-17-13-11-9-7-5-3-1-2-4-6-8-10-12-14-22(25)26/h15-16,18H,1-14,17H2,(H,25,26). The van der Waals surface area contributed by atoms with E-state index in [0.717, 1.165) is 19.3 Å². The van der Waals surface area contributed by atoms with E-state index in [1.165, 1.54) is 64.2 Å². The number of ether oxygens (including phenoxy) is 1. The molecule has 5 heteroatoms. The summed E-state index contributed by atoms with van der Waals surface area (Å²) in [5, 5.41) is 9.77. The molecule has 27 heavy (non-hydrogen) atoms. The van der Waals surface area contributed by atoms with Crippen LogP contribution in [0.15, 0.2) is 18.2 Å². The molecule has 0 amide bonds. The molecule has 0 heterocycles. The minimum Gasteiger partial charge on any atom is -0.492 e. The molecule has 0 aliphatic rings. The van der Waals surface area contributed by atoms with Gasteiger partial charge in [0.05, 0.1) is 11.6 Å². The highest BCUT2D eigenvalue weighted by molar-refractivity contribution is 6.35. The van der Waals surface area contributed by atoms with Gasteiger partial charge in [-0.1, -0.05) is 93.8 Å². The first-order valence-corrected chi connectivity index (χ1v) is 11.1. The second-order valence-electron chi connectivity index (χ2n) is 7.16. The zero-order chi connectivity index (χ0) is 19.7. The van der Waals surface area contributed by atoms with Crippen molar-refractivity contribution in [2.45, 2.75) is 89.9 Å². The molecule has 0 aromatic heterocycles. The van der Waals surface area contributed by atoms with Gasteiger partial charge in [-0.15, -0.1) is 0 Å². The third-order valence-corrected chi connectivity index (χ3v) is 5.22. The molecule has 1 aromatic carbocycles. The number of unbranched alkanes of at least 4 members (excludes halogenated alkanes) is 12. The molecule has 0 saturated carbocycles. The van der Waals surface area contributed by atoms with Crippen molar-refractivity contribution in [1.82, 2.24) is 0 Å². The summed E-state index contributed by atoms with van der Waals surface area (Å²) in [6.07, 6.45) is 16.0. The fourth-order valence-electron chi connectivity index (χ4n) is 3.10. The molecule has 1 N–H and O–H groups in total. The lowest BCUT2D eigenvalue weighted by Crippen LogP contribution is -1.97. The SMILES string of the molecule is O=C(O)CCCCCCCCCCCCCCCOc1ccc(Cl)cc1Cl. The summed E-state index contributed by atoms with van der Waals surface area (Å²) in [7, 11) is 0. The number of benzene rings is 1. The van der Waals surface area contributed by atoms with Gasteiger partial charge in [-0.25, -0.2) is 0 Å². The van der Waals surface area contributed by atoms with Gasteiger partial charge in [0.25, 0.3) is 0 Å². The minimum atomic E-state index is -0.673. The van der Waals surface area contributed by atoms with Crippen molar-refractivity contribution in [1.29, 1.82) is 0 Å². The van der Waals surface area contributed by atoms with E-state index in [2.05, 4.69) is 0 Å². The van der Waals surface area contributed by atoms with Gasteiger partial charge < -0.3 is 9.84 Å². The lowest BCUT2D eigenvalue weighted by Gasteiger charge is -2.08. The Morgan fingerprint density at radius 2 is 1.26 bits per heavy atom. The van der Waals surface area contributed by atoms with Crippen LogP contribution in [0.1, 0.15) is 89.9 Å². The monoisotopic (exact) mass is 416 g/mol. The highest BCUT2D eigenvalue weighted by Gasteiger charge is 2.02. The van der Waals surface area contributed by atoms with Gasteiger partial charge in [0.15, 0.2) is 0 Å². The minimum absolute atomic E-state index is 0.320. The second kappa shape index (κ2) is 16.1. The van der Waals surface area contributed by atoms with Crippen LogP contribution in [0.5, 0.6) is 5.75 Å². The molecule has 0 spiro atoms. The van der Waals surface area contributed by atoms with Crippen molar-refractivity contribution in [3.8, 4) is 5.75 Å². The summed E-state index contributed by atoms with van der Waals surface area (Å²) in [6, 6.07) is 5.32. The second-order valence-corrected chi connectivity index (χ2v) is 8.01. The summed E-state index contributed by atoms with van der Waals surface area (Å²) < 4.78 is 5.69. The van der Waals surface area contributed by atoms with Crippen LogP contribution in [0.3, 0.4) is 0 Å². The maximum absolute atomic E-state index is 10.4. The molecule has 3 nitrogen and oxygen atoms in total. The van der Waals surface area contributed by atoms with Crippen LogP contribution >= 0.6 is 23.2 Å². The number of carbonyl (C=O) groups is 1. The lowest BCUT2D eigenvalue weighted by atomic mass is 10.0. The highest BCUT2D eigenvalue weighted by atomic mass is 35.5. The zero-order valence-electron chi connectivity index (χ0n) is 16.4. The van der Waals surface area contributed by atoms with Crippen molar-refractivity contribution in [3.05, 3.63) is 28.2 Å². The van der Waals surface area contributed by atoms with Crippen LogP contribution in [-0.2, 0) is 4.79 Å². The molecule has 0 aliphatic carbocycles. The predicted molar refractivity (Wildman–Crippen MR) is 114 cm³/mol. The van der Waals surface area contributed by atoms with Crippen LogP contribution < -0.4 is 4.74 Å². The Balaban J connectivity index is 1.79. The van der Waals surface area contributed by atoms with Gasteiger partial charge in [-0.3, -0.25) is 4.79 Å². The average molecular weight is 417 g/mol. The van der Waals surface area contributed by atoms with Gasteiger partial charge in [0, 0.05) is 11.4 Å². The molecule has 1 rings (SSSR count). The van der Waals surface area contributed by atoms with Gasteiger partial charge >= 0.3 is 5.97 Å². The molecule has 0 aliphatic heterocycles. The van der Waals surface area contributed by atoms with E-state index in [0.29, 0.717) is 28.8 Å². The quantitative estimate of drug-likeness (QED) is 0.262. The van der Waals surface area contributed by atoms with Crippen molar-refractivity contribution in [2.24, 2.45) is 0 Å². The molecule has 1 aromatic rings. The summed E-state index contributed by atoms with van der Waals surface area (Å²) >= 11 is 11.9. The maximum Gasteiger partial charge on any atom is 0.303 e. The van der Waals surface area contributed by atoms with Crippen LogP contribution in [0.25, 0.3) is 0 Å². The largest absolute Gasteiger partial charge is 0.492 e. The topological polar surface area (TPSA) is 46.5 Å². The van der Waals surface area contributed by atoms with E-state index in [9.17, 15) is 4.79 Å². The lowest BCUT2D eigenvalue weighted by molar-refractivity contribution is -0.137. The van der Waals surface area contributed by atoms with E-state index in [-0.39, 0.29) is 0 Å². The van der Waals surface area contributed by atoms with Gasteiger partial charge in [0.1, 0.15) is 5.75 Å². The zero-order valence-corrected chi connectivity index (χ0v) is 17.9. The van der Waals surface area contributed by atoms with Crippen molar-refractivity contribution < 1.29 is 14.6 Å². The van der Waals surface area contributed by atoms with E-state index in [1.54, 1.807) is 12.1 Å². The molecular weight excluding hydrogens is 383 g/mol. The summed E-state index contributed by atoms with van der Waals surface area (Å²) in [6.45, 7) is 0.702. The summed E-state index contributed by atoms with van der Waals surface area (Å²) in [5.41, 5.74) is 0. The number of carboxylic acid groups (broad SMARTS) is 1. The first-order valence-electron chi connectivity index (χ1n) is 10.4. The number of hydrogen-bond acceptors (Lipinski definition) is 2. The van der Waals surface area contributed by atoms with Crippen LogP contribution in [-0.4, -0.2) is 17.7 Å². The maximum atomic E-state index is 10.4. The molecule has 154 valence electrons. The molecule has 0 fully saturated rings. The van der Waals surface area contributed by atoms with E-state index >= 15 is 0 Å². The smallest absolute Gasteiger partial charge is 0.303 e. The van der Waals surface area contributed by atoms with Crippen LogP contribution in [0, 0.1) is 0 Å². The van der Waals surface area contributed by atoms with E-state index in [4.69, 9.17) is 33.0 Å². The van der Waals surface area contributed by atoms with Gasteiger partial charge in [-0.2, -0.15) is 0 Å². The Hall–Kier alpha value is -0.930. The Kier molecular flexibility index (Phi) is 14.3. The van der Waals surface area contributed by atoms with Crippen molar-refractivity contribution in [2.75, 3.05) is 6.61 Å². The first-order chi connectivity index (χ1) is 13.1. The molecule has 0 saturated heterocycles. The van der Waals surface area contributed by atoms with Gasteiger partial charge in [-0.05, 0) is 31.0 Å². The third kappa shape index (κ3) is 13.8. The predicted octanol–water partition coefficient (Wildman–Crippen LogP) is 7.92. The average Bonchev–Trinajstić information content (AvgIpc) is 2.62. The molecule has 0 bridgehead atoms. The van der Waals surface area contributed by atoms with Crippen LogP contribution in [0.2, 0.25) is 10.0 Å². The van der Waals surface area contributed by atoms with E-state index in [1.807, 2.05) is 6.07 Å². The van der Waals surface area contributed by atoms with Gasteiger partial charge in [0.2, 0.25) is 0 Å². The number of halogens is 2. The highest BCUT2D eigenvalue weighted by Crippen LogP contribution is 2.27. The van der Waals surface area contributed by atoms with E-state index < -0.39 is 5.97 Å². The van der Waals surface area contributed by atoms with Crippen molar-refractivity contribution in [3.63, 3.8) is 0 Å². The Morgan fingerprint density at radius 1 is 0.778 bits per heavy atom. The Bertz CT molecular complexity index is 520. The fraction of sp³-hybridized carbons (Fsp3) is 0.682. The summed E-state index contributed by atoms with van der Waals surface area (Å²) in [4.78, 5) is 10.4. The number of aliphatic carboxylic acids is 1. The number of rotatable bonds is 17. The van der Waals surface area contributed by atoms with Crippen molar-refractivity contribution >= 4 is 29.2 Å². The molecular formula is C22H34Cl2O3. The Morgan fingerprint density at radius 3 is 1.74 bits per heavy atom. The third-order valence-electron chi connectivity index (χ3n) is 4.69.